The van der Waals surface area contributed by atoms with E-state index in [1.54, 1.807) is 0 Å². The maximum absolute atomic E-state index is 8.60. The summed E-state index contributed by atoms with van der Waals surface area (Å²) in [6, 6.07) is 0. The van der Waals surface area contributed by atoms with Crippen molar-refractivity contribution in [1.82, 2.24) is 4.90 Å². The Morgan fingerprint density at radius 3 is 2.24 bits per heavy atom. The summed E-state index contributed by atoms with van der Waals surface area (Å²) in [7, 11) is 0. The van der Waals surface area contributed by atoms with E-state index >= 15 is 0 Å². The van der Waals surface area contributed by atoms with Gasteiger partial charge in [-0.05, 0) is 25.8 Å². The third kappa shape index (κ3) is 12.1. The average Bonchev–Trinajstić information content (AvgIpc) is 2.34. The summed E-state index contributed by atoms with van der Waals surface area (Å²) in [5, 5.41) is 8.60. The van der Waals surface area contributed by atoms with Crippen LogP contribution >= 0.6 is 0 Å². The number of hydrogen-bond donors (Lipinski definition) is 1. The summed E-state index contributed by atoms with van der Waals surface area (Å²) in [5.41, 5.74) is 0. The molecule has 0 atom stereocenters. The summed E-state index contributed by atoms with van der Waals surface area (Å²) in [6.07, 6.45) is 3.34. The lowest BCUT2D eigenvalue weighted by Gasteiger charge is -2.21. The lowest BCUT2D eigenvalue weighted by molar-refractivity contribution is 0.0690. The topological polar surface area (TPSA) is 41.9 Å². The van der Waals surface area contributed by atoms with E-state index in [1.165, 1.54) is 0 Å². The number of rotatable bonds is 13. The first-order valence-electron chi connectivity index (χ1n) is 6.83. The molecule has 1 N–H and O–H groups in total. The van der Waals surface area contributed by atoms with Crippen molar-refractivity contribution in [2.24, 2.45) is 0 Å². The van der Waals surface area contributed by atoms with Gasteiger partial charge in [0.05, 0.1) is 19.8 Å². The fourth-order valence-electron chi connectivity index (χ4n) is 1.65. The molecule has 0 fully saturated rings. The van der Waals surface area contributed by atoms with E-state index in [4.69, 9.17) is 14.6 Å². The van der Waals surface area contributed by atoms with Crippen LogP contribution in [-0.4, -0.2) is 62.7 Å². The smallest absolute Gasteiger partial charge is 0.0698 e. The Kier molecular flexibility index (Phi) is 13.8. The zero-order valence-corrected chi connectivity index (χ0v) is 11.5. The normalized spacial score (nSPS) is 11.3. The molecule has 0 saturated heterocycles. The maximum atomic E-state index is 8.60. The van der Waals surface area contributed by atoms with Gasteiger partial charge in [-0.15, -0.1) is 0 Å². The molecule has 0 aromatic rings. The Labute approximate surface area is 106 Å². The van der Waals surface area contributed by atoms with E-state index in [0.717, 1.165) is 52.1 Å². The van der Waals surface area contributed by atoms with Crippen LogP contribution in [0.25, 0.3) is 0 Å². The third-order valence-electron chi connectivity index (χ3n) is 2.44. The second-order valence-electron chi connectivity index (χ2n) is 4.14. The Morgan fingerprint density at radius 2 is 1.59 bits per heavy atom. The summed E-state index contributed by atoms with van der Waals surface area (Å²) in [4.78, 5) is 2.40. The minimum Gasteiger partial charge on any atom is -0.394 e. The molecule has 0 amide bonds. The molecule has 0 aromatic heterocycles. The van der Waals surface area contributed by atoms with Gasteiger partial charge in [0.25, 0.3) is 0 Å². The molecule has 4 heteroatoms. The van der Waals surface area contributed by atoms with E-state index < -0.39 is 0 Å². The highest BCUT2D eigenvalue weighted by atomic mass is 16.5. The monoisotopic (exact) mass is 247 g/mol. The first kappa shape index (κ1) is 16.8. The van der Waals surface area contributed by atoms with Gasteiger partial charge in [-0.3, -0.25) is 0 Å². The third-order valence-corrected chi connectivity index (χ3v) is 2.44. The van der Waals surface area contributed by atoms with Gasteiger partial charge in [-0.1, -0.05) is 13.8 Å². The van der Waals surface area contributed by atoms with Gasteiger partial charge >= 0.3 is 0 Å². The molecular weight excluding hydrogens is 218 g/mol. The number of aliphatic hydroxyl groups is 1. The second-order valence-corrected chi connectivity index (χ2v) is 4.14. The maximum Gasteiger partial charge on any atom is 0.0698 e. The summed E-state index contributed by atoms with van der Waals surface area (Å²) >= 11 is 0. The van der Waals surface area contributed by atoms with E-state index in [2.05, 4.69) is 18.7 Å². The molecule has 0 aromatic carbocycles. The van der Waals surface area contributed by atoms with Crippen molar-refractivity contribution in [3.8, 4) is 0 Å². The molecule has 0 radical (unpaired) electrons. The zero-order valence-electron chi connectivity index (χ0n) is 11.5. The van der Waals surface area contributed by atoms with Crippen LogP contribution in [-0.2, 0) is 9.47 Å². The predicted molar refractivity (Wildman–Crippen MR) is 70.4 cm³/mol. The van der Waals surface area contributed by atoms with Crippen molar-refractivity contribution in [2.75, 3.05) is 52.7 Å². The van der Waals surface area contributed by atoms with Gasteiger partial charge in [0.15, 0.2) is 0 Å². The zero-order chi connectivity index (χ0) is 12.8. The van der Waals surface area contributed by atoms with Crippen LogP contribution < -0.4 is 0 Å². The number of hydrogen-bond acceptors (Lipinski definition) is 4. The predicted octanol–water partition coefficient (Wildman–Crippen LogP) is 1.52. The number of nitrogens with zero attached hydrogens (tertiary/aromatic N) is 1. The van der Waals surface area contributed by atoms with Gasteiger partial charge in [0, 0.05) is 26.3 Å². The standard InChI is InChI=1S/C13H29NO3/c1-3-6-14(8-12-17-13-9-15)7-5-11-16-10-4-2/h15H,3-13H2,1-2H3. The highest BCUT2D eigenvalue weighted by molar-refractivity contribution is 4.56. The van der Waals surface area contributed by atoms with Gasteiger partial charge in [0.1, 0.15) is 0 Å². The summed E-state index contributed by atoms with van der Waals surface area (Å²) in [6.45, 7) is 10.4. The Balaban J connectivity index is 3.45. The average molecular weight is 247 g/mol. The Bertz CT molecular complexity index is 145. The van der Waals surface area contributed by atoms with Crippen LogP contribution in [0.2, 0.25) is 0 Å². The highest BCUT2D eigenvalue weighted by Gasteiger charge is 2.03. The van der Waals surface area contributed by atoms with Gasteiger partial charge in [-0.25, -0.2) is 0 Å². The van der Waals surface area contributed by atoms with E-state index in [0.29, 0.717) is 13.2 Å². The number of aliphatic hydroxyl groups excluding tert-OH is 1. The van der Waals surface area contributed by atoms with Gasteiger partial charge in [0.2, 0.25) is 0 Å². The first-order chi connectivity index (χ1) is 8.35. The summed E-state index contributed by atoms with van der Waals surface area (Å²) < 4.78 is 10.7. The molecule has 0 aliphatic rings. The molecule has 4 nitrogen and oxygen atoms in total. The van der Waals surface area contributed by atoms with Crippen LogP contribution in [0, 0.1) is 0 Å². The Morgan fingerprint density at radius 1 is 0.824 bits per heavy atom. The molecule has 17 heavy (non-hydrogen) atoms. The molecule has 0 aliphatic carbocycles. The largest absolute Gasteiger partial charge is 0.394 e. The summed E-state index contributed by atoms with van der Waals surface area (Å²) in [5.74, 6) is 0. The van der Waals surface area contributed by atoms with E-state index in [-0.39, 0.29) is 6.61 Å². The van der Waals surface area contributed by atoms with E-state index in [9.17, 15) is 0 Å². The minimum atomic E-state index is 0.110. The molecule has 0 aliphatic heterocycles. The van der Waals surface area contributed by atoms with E-state index in [1.807, 2.05) is 0 Å². The van der Waals surface area contributed by atoms with Gasteiger partial charge < -0.3 is 19.5 Å². The molecule has 0 unspecified atom stereocenters. The van der Waals surface area contributed by atoms with Crippen molar-refractivity contribution >= 4 is 0 Å². The number of ether oxygens (including phenoxy) is 2. The van der Waals surface area contributed by atoms with Crippen LogP contribution in [0.1, 0.15) is 33.1 Å². The molecule has 0 rings (SSSR count). The second kappa shape index (κ2) is 13.9. The van der Waals surface area contributed by atoms with Crippen LogP contribution in [0.5, 0.6) is 0 Å². The first-order valence-corrected chi connectivity index (χ1v) is 6.83. The molecule has 0 saturated carbocycles. The molecule has 0 bridgehead atoms. The van der Waals surface area contributed by atoms with Crippen LogP contribution in [0.3, 0.4) is 0 Å². The minimum absolute atomic E-state index is 0.110. The quantitative estimate of drug-likeness (QED) is 0.501. The van der Waals surface area contributed by atoms with Crippen molar-refractivity contribution < 1.29 is 14.6 Å². The fraction of sp³-hybridized carbons (Fsp3) is 1.00. The Hall–Kier alpha value is -0.160. The highest BCUT2D eigenvalue weighted by Crippen LogP contribution is 1.95. The molecule has 0 heterocycles. The van der Waals surface area contributed by atoms with Crippen LogP contribution in [0.15, 0.2) is 0 Å². The van der Waals surface area contributed by atoms with Crippen molar-refractivity contribution in [3.63, 3.8) is 0 Å². The SMILES string of the molecule is CCCOCCCN(CCC)CCOCCO. The van der Waals surface area contributed by atoms with Gasteiger partial charge in [-0.2, -0.15) is 0 Å². The molecular formula is C13H29NO3. The lowest BCUT2D eigenvalue weighted by Crippen LogP contribution is -2.30. The fourth-order valence-corrected chi connectivity index (χ4v) is 1.65. The van der Waals surface area contributed by atoms with Crippen molar-refractivity contribution in [2.45, 2.75) is 33.1 Å². The van der Waals surface area contributed by atoms with Crippen LogP contribution in [0.4, 0.5) is 0 Å². The molecule has 104 valence electrons. The van der Waals surface area contributed by atoms with Crippen molar-refractivity contribution in [3.05, 3.63) is 0 Å². The lowest BCUT2D eigenvalue weighted by atomic mass is 10.3. The molecule has 0 spiro atoms. The van der Waals surface area contributed by atoms with Crippen molar-refractivity contribution in [1.29, 1.82) is 0 Å².